The van der Waals surface area contributed by atoms with Gasteiger partial charge in [0, 0.05) is 6.54 Å². The summed E-state index contributed by atoms with van der Waals surface area (Å²) in [7, 11) is 0. The highest BCUT2D eigenvalue weighted by Gasteiger charge is 2.21. The number of thioether (sulfide) groups is 1. The first-order chi connectivity index (χ1) is 14.2. The number of aryl methyl sites for hydroxylation is 1. The molecular weight excluding hydrogens is 382 g/mol. The van der Waals surface area contributed by atoms with Crippen molar-refractivity contribution >= 4 is 28.6 Å². The third-order valence-corrected chi connectivity index (χ3v) is 6.29. The van der Waals surface area contributed by atoms with Crippen LogP contribution < -0.4 is 10.9 Å². The number of nitrogens with zero attached hydrogens (tertiary/aromatic N) is 2. The SMILES string of the molecule is CCCn1c(SCC(=O)NC2CCCc3ccccc32)nc2ccccc2c1=O. The smallest absolute Gasteiger partial charge is 0.262 e. The highest BCUT2D eigenvalue weighted by atomic mass is 32.2. The zero-order valence-electron chi connectivity index (χ0n) is 16.6. The molecule has 4 rings (SSSR count). The van der Waals surface area contributed by atoms with Gasteiger partial charge in [-0.1, -0.05) is 55.1 Å². The molecule has 0 fully saturated rings. The Hall–Kier alpha value is -2.60. The van der Waals surface area contributed by atoms with Crippen LogP contribution in [0, 0.1) is 0 Å². The molecule has 0 spiro atoms. The maximum atomic E-state index is 12.8. The largest absolute Gasteiger partial charge is 0.349 e. The predicted molar refractivity (Wildman–Crippen MR) is 117 cm³/mol. The first-order valence-electron chi connectivity index (χ1n) is 10.2. The van der Waals surface area contributed by atoms with E-state index in [0.29, 0.717) is 22.6 Å². The van der Waals surface area contributed by atoms with Crippen molar-refractivity contribution in [1.29, 1.82) is 0 Å². The molecule has 0 radical (unpaired) electrons. The second kappa shape index (κ2) is 8.82. The molecule has 3 aromatic rings. The van der Waals surface area contributed by atoms with Gasteiger partial charge < -0.3 is 5.32 Å². The van der Waals surface area contributed by atoms with Crippen LogP contribution in [-0.2, 0) is 17.8 Å². The molecule has 29 heavy (non-hydrogen) atoms. The van der Waals surface area contributed by atoms with Gasteiger partial charge in [-0.15, -0.1) is 0 Å². The van der Waals surface area contributed by atoms with E-state index < -0.39 is 0 Å². The van der Waals surface area contributed by atoms with Gasteiger partial charge in [-0.3, -0.25) is 14.2 Å². The first kappa shape index (κ1) is 19.7. The van der Waals surface area contributed by atoms with Gasteiger partial charge in [-0.25, -0.2) is 4.98 Å². The summed E-state index contributed by atoms with van der Waals surface area (Å²) in [4.78, 5) is 30.2. The number of para-hydroxylation sites is 1. The lowest BCUT2D eigenvalue weighted by Gasteiger charge is -2.26. The van der Waals surface area contributed by atoms with E-state index in [9.17, 15) is 9.59 Å². The third-order valence-electron chi connectivity index (χ3n) is 5.31. The van der Waals surface area contributed by atoms with Crippen molar-refractivity contribution < 1.29 is 4.79 Å². The molecule has 1 N–H and O–H groups in total. The summed E-state index contributed by atoms with van der Waals surface area (Å²) in [6.07, 6.45) is 3.94. The maximum absolute atomic E-state index is 12.8. The molecule has 1 amide bonds. The Kier molecular flexibility index (Phi) is 6.00. The van der Waals surface area contributed by atoms with E-state index in [1.54, 1.807) is 10.6 Å². The fraction of sp³-hybridized carbons (Fsp3) is 0.348. The normalized spacial score (nSPS) is 15.8. The van der Waals surface area contributed by atoms with Crippen LogP contribution >= 0.6 is 11.8 Å². The summed E-state index contributed by atoms with van der Waals surface area (Å²) < 4.78 is 1.69. The average molecular weight is 408 g/mol. The Morgan fingerprint density at radius 3 is 2.86 bits per heavy atom. The van der Waals surface area contributed by atoms with E-state index in [0.717, 1.165) is 25.7 Å². The van der Waals surface area contributed by atoms with E-state index in [1.807, 2.05) is 31.2 Å². The van der Waals surface area contributed by atoms with Crippen LogP contribution in [0.2, 0.25) is 0 Å². The minimum absolute atomic E-state index is 0.0258. The Bertz CT molecular complexity index is 1090. The van der Waals surface area contributed by atoms with Crippen LogP contribution in [-0.4, -0.2) is 21.2 Å². The molecular formula is C23H25N3O2S. The van der Waals surface area contributed by atoms with Crippen molar-refractivity contribution in [2.45, 2.75) is 50.4 Å². The molecule has 0 bridgehead atoms. The van der Waals surface area contributed by atoms with Gasteiger partial charge in [-0.05, 0) is 48.9 Å². The summed E-state index contributed by atoms with van der Waals surface area (Å²) in [5.41, 5.74) is 3.18. The maximum Gasteiger partial charge on any atom is 0.262 e. The molecule has 0 saturated carbocycles. The highest BCUT2D eigenvalue weighted by Crippen LogP contribution is 2.29. The molecule has 1 aliphatic rings. The standard InChI is InChI=1S/C23H25N3O2S/c1-2-14-26-22(28)18-11-5-6-12-20(18)25-23(26)29-15-21(27)24-19-13-7-9-16-8-3-4-10-17(16)19/h3-6,8,10-12,19H,2,7,9,13-15H2,1H3,(H,24,27). The molecule has 1 atom stereocenters. The van der Waals surface area contributed by atoms with Gasteiger partial charge in [0.25, 0.3) is 5.56 Å². The van der Waals surface area contributed by atoms with E-state index >= 15 is 0 Å². The predicted octanol–water partition coefficient (Wildman–Crippen LogP) is 4.09. The van der Waals surface area contributed by atoms with Crippen LogP contribution in [0.25, 0.3) is 10.9 Å². The number of fused-ring (bicyclic) bond motifs is 2. The number of nitrogens with one attached hydrogen (secondary N) is 1. The lowest BCUT2D eigenvalue weighted by atomic mass is 9.88. The molecule has 1 aliphatic carbocycles. The van der Waals surface area contributed by atoms with Gasteiger partial charge in [-0.2, -0.15) is 0 Å². The molecule has 2 aromatic carbocycles. The average Bonchev–Trinajstić information content (AvgIpc) is 2.75. The van der Waals surface area contributed by atoms with Crippen molar-refractivity contribution in [3.63, 3.8) is 0 Å². The molecule has 150 valence electrons. The second-order valence-corrected chi connectivity index (χ2v) is 8.31. The van der Waals surface area contributed by atoms with E-state index in [4.69, 9.17) is 0 Å². The van der Waals surface area contributed by atoms with E-state index in [-0.39, 0.29) is 23.3 Å². The number of rotatable bonds is 6. The lowest BCUT2D eigenvalue weighted by Crippen LogP contribution is -2.32. The molecule has 1 unspecified atom stereocenters. The molecule has 1 aromatic heterocycles. The Balaban J connectivity index is 1.50. The van der Waals surface area contributed by atoms with Crippen LogP contribution in [0.5, 0.6) is 0 Å². The molecule has 0 aliphatic heterocycles. The number of benzene rings is 2. The summed E-state index contributed by atoms with van der Waals surface area (Å²) in [6, 6.07) is 15.8. The first-order valence-corrected chi connectivity index (χ1v) is 11.2. The number of hydrogen-bond donors (Lipinski definition) is 1. The summed E-state index contributed by atoms with van der Waals surface area (Å²) in [5, 5.41) is 4.40. The minimum Gasteiger partial charge on any atom is -0.349 e. The monoisotopic (exact) mass is 407 g/mol. The summed E-state index contributed by atoms with van der Waals surface area (Å²) in [6.45, 7) is 2.62. The lowest BCUT2D eigenvalue weighted by molar-refractivity contribution is -0.119. The van der Waals surface area contributed by atoms with Gasteiger partial charge in [0.15, 0.2) is 5.16 Å². The van der Waals surface area contributed by atoms with Gasteiger partial charge in [0.1, 0.15) is 0 Å². The quantitative estimate of drug-likeness (QED) is 0.494. The number of hydrogen-bond acceptors (Lipinski definition) is 4. The molecule has 1 heterocycles. The molecule has 6 heteroatoms. The third kappa shape index (κ3) is 4.22. The van der Waals surface area contributed by atoms with Gasteiger partial charge in [0.2, 0.25) is 5.91 Å². The topological polar surface area (TPSA) is 64.0 Å². The van der Waals surface area contributed by atoms with Crippen molar-refractivity contribution in [2.75, 3.05) is 5.75 Å². The van der Waals surface area contributed by atoms with Crippen LogP contribution in [0.3, 0.4) is 0 Å². The van der Waals surface area contributed by atoms with Gasteiger partial charge >= 0.3 is 0 Å². The van der Waals surface area contributed by atoms with Crippen molar-refractivity contribution in [3.8, 4) is 0 Å². The second-order valence-electron chi connectivity index (χ2n) is 7.37. The Morgan fingerprint density at radius 2 is 2.00 bits per heavy atom. The zero-order valence-corrected chi connectivity index (χ0v) is 17.4. The molecule has 5 nitrogen and oxygen atoms in total. The van der Waals surface area contributed by atoms with Crippen LogP contribution in [0.1, 0.15) is 43.4 Å². The fourth-order valence-corrected chi connectivity index (χ4v) is 4.79. The number of carbonyl (C=O) groups excluding carboxylic acids is 1. The zero-order chi connectivity index (χ0) is 20.2. The minimum atomic E-state index is -0.0402. The van der Waals surface area contributed by atoms with Crippen molar-refractivity contribution in [3.05, 3.63) is 70.0 Å². The fourth-order valence-electron chi connectivity index (χ4n) is 3.95. The van der Waals surface area contributed by atoms with Crippen LogP contribution in [0.4, 0.5) is 0 Å². The van der Waals surface area contributed by atoms with Gasteiger partial charge in [0.05, 0.1) is 22.7 Å². The Morgan fingerprint density at radius 1 is 1.21 bits per heavy atom. The van der Waals surface area contributed by atoms with E-state index in [1.165, 1.54) is 22.9 Å². The molecule has 0 saturated heterocycles. The van der Waals surface area contributed by atoms with Crippen LogP contribution in [0.15, 0.2) is 58.5 Å². The number of aromatic nitrogens is 2. The highest BCUT2D eigenvalue weighted by molar-refractivity contribution is 7.99. The number of amides is 1. The van der Waals surface area contributed by atoms with Crippen molar-refractivity contribution in [1.82, 2.24) is 14.9 Å². The van der Waals surface area contributed by atoms with E-state index in [2.05, 4.69) is 28.5 Å². The number of carbonyl (C=O) groups is 1. The van der Waals surface area contributed by atoms with Crippen molar-refractivity contribution in [2.24, 2.45) is 0 Å². The Labute approximate surface area is 174 Å². The summed E-state index contributed by atoms with van der Waals surface area (Å²) >= 11 is 1.33. The summed E-state index contributed by atoms with van der Waals surface area (Å²) in [5.74, 6) is 0.217.